The van der Waals surface area contributed by atoms with Gasteiger partial charge in [0.1, 0.15) is 5.75 Å². The van der Waals surface area contributed by atoms with Crippen LogP contribution in [0, 0.1) is 16.7 Å². The Bertz CT molecular complexity index is 572. The number of rotatable bonds is 2. The standard InChI is InChI=1S/C17H21NO3/c1-20-15-3-2-13-4-5-17(19,11-14(13)10-15)16(12-18)6-8-21-9-7-16/h2-3,10,19H,4-9,11H2,1H3. The second-order valence-corrected chi connectivity index (χ2v) is 6.15. The van der Waals surface area contributed by atoms with Crippen LogP contribution in [0.5, 0.6) is 5.75 Å². The maximum atomic E-state index is 11.2. The second-order valence-electron chi connectivity index (χ2n) is 6.15. The third-order valence-electron chi connectivity index (χ3n) is 5.16. The van der Waals surface area contributed by atoms with Gasteiger partial charge in [-0.2, -0.15) is 5.26 Å². The molecule has 1 aliphatic carbocycles. The summed E-state index contributed by atoms with van der Waals surface area (Å²) in [4.78, 5) is 0. The number of benzene rings is 1. The number of nitriles is 1. The van der Waals surface area contributed by atoms with Crippen molar-refractivity contribution in [3.8, 4) is 11.8 Å². The summed E-state index contributed by atoms with van der Waals surface area (Å²) in [5, 5.41) is 21.0. The molecule has 1 saturated heterocycles. The van der Waals surface area contributed by atoms with Crippen LogP contribution in [0.15, 0.2) is 18.2 Å². The summed E-state index contributed by atoms with van der Waals surface area (Å²) in [7, 11) is 1.64. The monoisotopic (exact) mass is 287 g/mol. The van der Waals surface area contributed by atoms with Gasteiger partial charge in [0.15, 0.2) is 0 Å². The molecule has 0 bridgehead atoms. The van der Waals surface area contributed by atoms with Crippen molar-refractivity contribution in [2.24, 2.45) is 5.41 Å². The molecule has 0 aromatic heterocycles. The van der Waals surface area contributed by atoms with Gasteiger partial charge in [-0.05, 0) is 48.9 Å². The number of hydrogen-bond acceptors (Lipinski definition) is 4. The molecule has 4 nitrogen and oxygen atoms in total. The van der Waals surface area contributed by atoms with E-state index in [2.05, 4.69) is 12.1 Å². The highest BCUT2D eigenvalue weighted by Gasteiger charge is 2.52. The molecule has 21 heavy (non-hydrogen) atoms. The SMILES string of the molecule is COc1ccc2c(c1)CC(O)(C1(C#N)CCOCC1)CC2. The Labute approximate surface area is 125 Å². The number of aliphatic hydroxyl groups is 1. The van der Waals surface area contributed by atoms with Crippen LogP contribution >= 0.6 is 0 Å². The lowest BCUT2D eigenvalue weighted by Gasteiger charge is -2.47. The number of fused-ring (bicyclic) bond motifs is 1. The second kappa shape index (κ2) is 5.32. The first-order chi connectivity index (χ1) is 10.1. The molecule has 1 heterocycles. The van der Waals surface area contributed by atoms with Crippen LogP contribution in [0.25, 0.3) is 0 Å². The van der Waals surface area contributed by atoms with Gasteiger partial charge in [0, 0.05) is 19.6 Å². The lowest BCUT2D eigenvalue weighted by Crippen LogP contribution is -2.53. The quantitative estimate of drug-likeness (QED) is 0.906. The molecule has 1 fully saturated rings. The van der Waals surface area contributed by atoms with Crippen molar-refractivity contribution in [3.63, 3.8) is 0 Å². The number of methoxy groups -OCH3 is 1. The highest BCUT2D eigenvalue weighted by Crippen LogP contribution is 2.47. The van der Waals surface area contributed by atoms with E-state index >= 15 is 0 Å². The molecule has 1 aliphatic heterocycles. The van der Waals surface area contributed by atoms with E-state index in [1.807, 2.05) is 12.1 Å². The predicted molar refractivity (Wildman–Crippen MR) is 78.1 cm³/mol. The third-order valence-corrected chi connectivity index (χ3v) is 5.16. The first-order valence-corrected chi connectivity index (χ1v) is 7.50. The summed E-state index contributed by atoms with van der Waals surface area (Å²) in [5.41, 5.74) is 0.696. The molecule has 2 aliphatic rings. The number of hydrogen-bond donors (Lipinski definition) is 1. The zero-order valence-corrected chi connectivity index (χ0v) is 12.4. The Morgan fingerprint density at radius 1 is 1.24 bits per heavy atom. The van der Waals surface area contributed by atoms with E-state index in [-0.39, 0.29) is 0 Å². The number of ether oxygens (including phenoxy) is 2. The average Bonchev–Trinajstić information content (AvgIpc) is 2.54. The minimum absolute atomic E-state index is 0.521. The Morgan fingerprint density at radius 3 is 2.67 bits per heavy atom. The van der Waals surface area contributed by atoms with Gasteiger partial charge >= 0.3 is 0 Å². The summed E-state index contributed by atoms with van der Waals surface area (Å²) in [5.74, 6) is 0.802. The summed E-state index contributed by atoms with van der Waals surface area (Å²) >= 11 is 0. The molecular formula is C17H21NO3. The van der Waals surface area contributed by atoms with Crippen molar-refractivity contribution < 1.29 is 14.6 Å². The van der Waals surface area contributed by atoms with Crippen molar-refractivity contribution in [2.45, 2.75) is 37.7 Å². The minimum atomic E-state index is -0.967. The predicted octanol–water partition coefficient (Wildman–Crippen LogP) is 2.24. The Morgan fingerprint density at radius 2 is 2.00 bits per heavy atom. The van der Waals surface area contributed by atoms with E-state index in [9.17, 15) is 10.4 Å². The molecule has 1 unspecified atom stereocenters. The van der Waals surface area contributed by atoms with Crippen LogP contribution in [0.4, 0.5) is 0 Å². The van der Waals surface area contributed by atoms with Gasteiger partial charge in [-0.1, -0.05) is 6.07 Å². The van der Waals surface area contributed by atoms with Gasteiger partial charge in [-0.3, -0.25) is 0 Å². The van der Waals surface area contributed by atoms with Crippen LogP contribution in [0.2, 0.25) is 0 Å². The van der Waals surface area contributed by atoms with E-state index in [1.54, 1.807) is 7.11 Å². The van der Waals surface area contributed by atoms with Crippen molar-refractivity contribution in [1.82, 2.24) is 0 Å². The third kappa shape index (κ3) is 2.31. The molecule has 0 radical (unpaired) electrons. The van der Waals surface area contributed by atoms with Crippen molar-refractivity contribution in [3.05, 3.63) is 29.3 Å². The fourth-order valence-electron chi connectivity index (χ4n) is 3.69. The van der Waals surface area contributed by atoms with E-state index in [0.717, 1.165) is 17.7 Å². The van der Waals surface area contributed by atoms with Gasteiger partial charge in [0.2, 0.25) is 0 Å². The number of nitrogens with zero attached hydrogens (tertiary/aromatic N) is 1. The molecule has 3 rings (SSSR count). The van der Waals surface area contributed by atoms with Crippen LogP contribution in [0.3, 0.4) is 0 Å². The lowest BCUT2D eigenvalue weighted by molar-refractivity contribution is -0.111. The molecule has 1 aromatic carbocycles. The van der Waals surface area contributed by atoms with Crippen LogP contribution < -0.4 is 4.74 Å². The zero-order chi connectivity index (χ0) is 14.9. The highest BCUT2D eigenvalue weighted by molar-refractivity contribution is 5.39. The summed E-state index contributed by atoms with van der Waals surface area (Å²) in [6.45, 7) is 1.11. The fourth-order valence-corrected chi connectivity index (χ4v) is 3.69. The van der Waals surface area contributed by atoms with Crippen molar-refractivity contribution in [1.29, 1.82) is 5.26 Å². The normalized spacial score (nSPS) is 27.5. The molecular weight excluding hydrogens is 266 g/mol. The smallest absolute Gasteiger partial charge is 0.119 e. The topological polar surface area (TPSA) is 62.5 Å². The molecule has 4 heteroatoms. The van der Waals surface area contributed by atoms with Crippen molar-refractivity contribution in [2.75, 3.05) is 20.3 Å². The fraction of sp³-hybridized carbons (Fsp3) is 0.588. The first kappa shape index (κ1) is 14.4. The van der Waals surface area contributed by atoms with E-state index in [1.165, 1.54) is 5.56 Å². The van der Waals surface area contributed by atoms with Gasteiger partial charge in [-0.25, -0.2) is 0 Å². The summed E-state index contributed by atoms with van der Waals surface area (Å²) < 4.78 is 10.7. The molecule has 0 spiro atoms. The Balaban J connectivity index is 1.94. The Kier molecular flexibility index (Phi) is 3.64. The largest absolute Gasteiger partial charge is 0.497 e. The lowest BCUT2D eigenvalue weighted by atomic mass is 9.61. The molecule has 0 saturated carbocycles. The van der Waals surface area contributed by atoms with Gasteiger partial charge in [0.25, 0.3) is 0 Å². The summed E-state index contributed by atoms with van der Waals surface area (Å²) in [6.07, 6.45) is 3.19. The molecule has 1 aromatic rings. The maximum absolute atomic E-state index is 11.2. The zero-order valence-electron chi connectivity index (χ0n) is 12.4. The first-order valence-electron chi connectivity index (χ1n) is 7.50. The van der Waals surface area contributed by atoms with Crippen LogP contribution in [-0.2, 0) is 17.6 Å². The summed E-state index contributed by atoms with van der Waals surface area (Å²) in [6, 6.07) is 8.44. The average molecular weight is 287 g/mol. The van der Waals surface area contributed by atoms with Gasteiger partial charge in [0.05, 0.1) is 24.2 Å². The van der Waals surface area contributed by atoms with E-state index in [4.69, 9.17) is 9.47 Å². The molecule has 1 N–H and O–H groups in total. The number of aryl methyl sites for hydroxylation is 1. The van der Waals surface area contributed by atoms with Crippen LogP contribution in [0.1, 0.15) is 30.4 Å². The van der Waals surface area contributed by atoms with E-state index < -0.39 is 11.0 Å². The maximum Gasteiger partial charge on any atom is 0.119 e. The minimum Gasteiger partial charge on any atom is -0.497 e. The van der Waals surface area contributed by atoms with Gasteiger partial charge < -0.3 is 14.6 Å². The molecule has 112 valence electrons. The van der Waals surface area contributed by atoms with E-state index in [0.29, 0.717) is 38.9 Å². The van der Waals surface area contributed by atoms with Crippen molar-refractivity contribution >= 4 is 0 Å². The Hall–Kier alpha value is -1.57. The highest BCUT2D eigenvalue weighted by atomic mass is 16.5. The molecule has 0 amide bonds. The van der Waals surface area contributed by atoms with Crippen LogP contribution in [-0.4, -0.2) is 31.0 Å². The molecule has 1 atom stereocenters. The van der Waals surface area contributed by atoms with Gasteiger partial charge in [-0.15, -0.1) is 0 Å².